The van der Waals surface area contributed by atoms with Crippen molar-refractivity contribution in [3.63, 3.8) is 0 Å². The number of ketones is 1. The lowest BCUT2D eigenvalue weighted by Crippen LogP contribution is -2.09. The third kappa shape index (κ3) is 2.72. The molecule has 0 N–H and O–H groups in total. The number of benzene rings is 2. The van der Waals surface area contributed by atoms with Gasteiger partial charge in [0.1, 0.15) is 0 Å². The highest BCUT2D eigenvalue weighted by atomic mass is 35.5. The van der Waals surface area contributed by atoms with E-state index < -0.39 is 0 Å². The minimum absolute atomic E-state index is 0.107. The van der Waals surface area contributed by atoms with Gasteiger partial charge in [-0.3, -0.25) is 4.79 Å². The van der Waals surface area contributed by atoms with Crippen molar-refractivity contribution in [3.05, 3.63) is 70.4 Å². The Hall–Kier alpha value is -2.06. The molecule has 0 bridgehead atoms. The molecule has 3 aromatic rings. The summed E-state index contributed by atoms with van der Waals surface area (Å²) in [5.74, 6) is 0.107. The molecule has 0 aliphatic rings. The summed E-state index contributed by atoms with van der Waals surface area (Å²) in [6.45, 7) is 4.40. The highest BCUT2D eigenvalue weighted by Gasteiger charge is 2.10. The summed E-state index contributed by atoms with van der Waals surface area (Å²) >= 11 is 6.04. The van der Waals surface area contributed by atoms with Crippen LogP contribution in [0.3, 0.4) is 0 Å². The van der Waals surface area contributed by atoms with E-state index >= 15 is 0 Å². The molecule has 0 unspecified atom stereocenters. The zero-order valence-corrected chi connectivity index (χ0v) is 12.8. The van der Waals surface area contributed by atoms with E-state index in [0.29, 0.717) is 11.6 Å². The van der Waals surface area contributed by atoms with Gasteiger partial charge in [0.2, 0.25) is 0 Å². The van der Waals surface area contributed by atoms with E-state index in [9.17, 15) is 4.79 Å². The number of nitrogens with zero attached hydrogens (tertiary/aromatic N) is 1. The summed E-state index contributed by atoms with van der Waals surface area (Å²) in [5.41, 5.74) is 4.08. The van der Waals surface area contributed by atoms with Gasteiger partial charge in [-0.05, 0) is 54.6 Å². The fourth-order valence-electron chi connectivity index (χ4n) is 2.46. The van der Waals surface area contributed by atoms with Crippen molar-refractivity contribution in [2.75, 3.05) is 0 Å². The van der Waals surface area contributed by atoms with E-state index in [-0.39, 0.29) is 5.78 Å². The number of rotatable bonds is 3. The van der Waals surface area contributed by atoms with Crippen LogP contribution < -0.4 is 0 Å². The molecule has 2 aromatic carbocycles. The third-order valence-corrected chi connectivity index (χ3v) is 4.11. The van der Waals surface area contributed by atoms with Crippen molar-refractivity contribution in [3.8, 4) is 0 Å². The smallest absolute Gasteiger partial charge is 0.182 e. The molecule has 106 valence electrons. The fourth-order valence-corrected chi connectivity index (χ4v) is 2.62. The molecule has 0 amide bonds. The summed E-state index contributed by atoms with van der Waals surface area (Å²) in [7, 11) is 0. The van der Waals surface area contributed by atoms with Gasteiger partial charge in [-0.1, -0.05) is 29.8 Å². The Morgan fingerprint density at radius 2 is 1.86 bits per heavy atom. The molecule has 0 aliphatic heterocycles. The number of carbonyl (C=O) groups is 1. The molecule has 3 rings (SSSR count). The van der Waals surface area contributed by atoms with Crippen LogP contribution in [0.2, 0.25) is 5.02 Å². The molecule has 1 heterocycles. The van der Waals surface area contributed by atoms with Crippen molar-refractivity contribution in [1.29, 1.82) is 0 Å². The number of carbonyl (C=O) groups excluding carboxylic acids is 1. The lowest BCUT2D eigenvalue weighted by molar-refractivity contribution is 0.0973. The SMILES string of the molecule is Cc1ccc(C(=O)Cn2ccc3ccc(Cl)cc32)cc1C. The summed E-state index contributed by atoms with van der Waals surface area (Å²) in [6, 6.07) is 13.6. The molecule has 1 aromatic heterocycles. The minimum atomic E-state index is 0.107. The van der Waals surface area contributed by atoms with Crippen molar-refractivity contribution >= 4 is 28.3 Å². The van der Waals surface area contributed by atoms with Crippen molar-refractivity contribution in [1.82, 2.24) is 4.57 Å². The highest BCUT2D eigenvalue weighted by molar-refractivity contribution is 6.31. The van der Waals surface area contributed by atoms with Gasteiger partial charge in [0.05, 0.1) is 6.54 Å². The average molecular weight is 298 g/mol. The van der Waals surface area contributed by atoms with E-state index in [1.54, 1.807) is 0 Å². The van der Waals surface area contributed by atoms with E-state index in [2.05, 4.69) is 0 Å². The molecule has 0 saturated carbocycles. The quantitative estimate of drug-likeness (QED) is 0.637. The number of hydrogen-bond acceptors (Lipinski definition) is 1. The molecule has 0 saturated heterocycles. The Balaban J connectivity index is 1.92. The molecular formula is C18H16ClNO. The normalized spacial score (nSPS) is 11.0. The van der Waals surface area contributed by atoms with E-state index in [4.69, 9.17) is 11.6 Å². The molecule has 2 nitrogen and oxygen atoms in total. The van der Waals surface area contributed by atoms with Crippen molar-refractivity contribution in [2.24, 2.45) is 0 Å². The highest BCUT2D eigenvalue weighted by Crippen LogP contribution is 2.21. The molecule has 0 spiro atoms. The molecule has 0 atom stereocenters. The van der Waals surface area contributed by atoms with Crippen LogP contribution in [0.15, 0.2) is 48.7 Å². The Morgan fingerprint density at radius 1 is 1.05 bits per heavy atom. The first-order valence-electron chi connectivity index (χ1n) is 6.89. The second-order valence-electron chi connectivity index (χ2n) is 5.37. The lowest BCUT2D eigenvalue weighted by atomic mass is 10.0. The number of Topliss-reactive ketones (excluding diaryl/α,β-unsaturated/α-hetero) is 1. The molecule has 21 heavy (non-hydrogen) atoms. The average Bonchev–Trinajstić information content (AvgIpc) is 2.84. The first-order chi connectivity index (χ1) is 10.0. The number of aryl methyl sites for hydroxylation is 2. The van der Waals surface area contributed by atoms with Crippen LogP contribution in [0.4, 0.5) is 0 Å². The summed E-state index contributed by atoms with van der Waals surface area (Å²) in [6.07, 6.45) is 1.93. The van der Waals surface area contributed by atoms with Gasteiger partial charge in [-0.25, -0.2) is 0 Å². The largest absolute Gasteiger partial charge is 0.340 e. The Morgan fingerprint density at radius 3 is 2.62 bits per heavy atom. The number of fused-ring (bicyclic) bond motifs is 1. The summed E-state index contributed by atoms with van der Waals surface area (Å²) in [5, 5.41) is 1.77. The molecule has 3 heteroatoms. The van der Waals surface area contributed by atoms with Gasteiger partial charge in [-0.2, -0.15) is 0 Å². The van der Waals surface area contributed by atoms with E-state index in [1.165, 1.54) is 5.56 Å². The van der Waals surface area contributed by atoms with E-state index in [0.717, 1.165) is 22.0 Å². The maximum Gasteiger partial charge on any atom is 0.182 e. The number of hydrogen-bond donors (Lipinski definition) is 0. The standard InChI is InChI=1S/C18H16ClNO/c1-12-3-4-15(9-13(12)2)18(21)11-20-8-7-14-5-6-16(19)10-17(14)20/h3-10H,11H2,1-2H3. The maximum atomic E-state index is 12.5. The Bertz CT molecular complexity index is 832. The molecule has 0 aliphatic carbocycles. The van der Waals surface area contributed by atoms with Crippen LogP contribution in [-0.4, -0.2) is 10.4 Å². The summed E-state index contributed by atoms with van der Waals surface area (Å²) < 4.78 is 1.94. The third-order valence-electron chi connectivity index (χ3n) is 3.88. The topological polar surface area (TPSA) is 22.0 Å². The number of aromatic nitrogens is 1. The fraction of sp³-hybridized carbons (Fsp3) is 0.167. The maximum absolute atomic E-state index is 12.5. The minimum Gasteiger partial charge on any atom is -0.340 e. The van der Waals surface area contributed by atoms with Crippen LogP contribution in [0.5, 0.6) is 0 Å². The monoisotopic (exact) mass is 297 g/mol. The second kappa shape index (κ2) is 5.38. The van der Waals surface area contributed by atoms with Crippen LogP contribution in [0.25, 0.3) is 10.9 Å². The zero-order chi connectivity index (χ0) is 15.0. The lowest BCUT2D eigenvalue weighted by Gasteiger charge is -2.07. The second-order valence-corrected chi connectivity index (χ2v) is 5.81. The van der Waals surface area contributed by atoms with Gasteiger partial charge >= 0.3 is 0 Å². The van der Waals surface area contributed by atoms with Crippen LogP contribution >= 0.6 is 11.6 Å². The van der Waals surface area contributed by atoms with Gasteiger partial charge < -0.3 is 4.57 Å². The van der Waals surface area contributed by atoms with Gasteiger partial charge in [0.15, 0.2) is 5.78 Å². The van der Waals surface area contributed by atoms with Crippen LogP contribution in [0, 0.1) is 13.8 Å². The first-order valence-corrected chi connectivity index (χ1v) is 7.27. The van der Waals surface area contributed by atoms with E-state index in [1.807, 2.05) is 67.1 Å². The van der Waals surface area contributed by atoms with Crippen LogP contribution in [0.1, 0.15) is 21.5 Å². The van der Waals surface area contributed by atoms with Crippen molar-refractivity contribution in [2.45, 2.75) is 20.4 Å². The van der Waals surface area contributed by atoms with Crippen LogP contribution in [-0.2, 0) is 6.54 Å². The number of halogens is 1. The first kappa shape index (κ1) is 13.9. The molecular weight excluding hydrogens is 282 g/mol. The van der Waals surface area contributed by atoms with Gasteiger partial charge in [0, 0.05) is 22.3 Å². The predicted molar refractivity (Wildman–Crippen MR) is 87.2 cm³/mol. The zero-order valence-electron chi connectivity index (χ0n) is 12.1. The predicted octanol–water partition coefficient (Wildman–Crippen LogP) is 4.79. The molecule has 0 radical (unpaired) electrons. The molecule has 0 fully saturated rings. The van der Waals surface area contributed by atoms with Gasteiger partial charge in [0.25, 0.3) is 0 Å². The summed E-state index contributed by atoms with van der Waals surface area (Å²) in [4.78, 5) is 12.5. The van der Waals surface area contributed by atoms with Crippen molar-refractivity contribution < 1.29 is 4.79 Å². The Labute approximate surface area is 129 Å². The van der Waals surface area contributed by atoms with Gasteiger partial charge in [-0.15, -0.1) is 0 Å². The Kier molecular flexibility index (Phi) is 3.56.